The highest BCUT2D eigenvalue weighted by Crippen LogP contribution is 2.19. The third-order valence-electron chi connectivity index (χ3n) is 3.96. The van der Waals surface area contributed by atoms with Crippen LogP contribution in [0.5, 0.6) is 0 Å². The third kappa shape index (κ3) is 3.45. The predicted molar refractivity (Wildman–Crippen MR) is 87.7 cm³/mol. The number of fused-ring (bicyclic) bond motifs is 1. The highest BCUT2D eigenvalue weighted by molar-refractivity contribution is 5.92. The molecule has 5 heteroatoms. The zero-order valence-corrected chi connectivity index (χ0v) is 12.5. The zero-order valence-electron chi connectivity index (χ0n) is 12.5. The van der Waals surface area contributed by atoms with Gasteiger partial charge in [0.1, 0.15) is 0 Å². The summed E-state index contributed by atoms with van der Waals surface area (Å²) in [6, 6.07) is 14.3. The maximum Gasteiger partial charge on any atom is 0.269 e. The standard InChI is InChI=1S/C18H16N2O3/c21-18(10-7-14-5-8-17(9-6-14)20(22)23)19-12-11-15-3-1-2-4-16(15)13-19/h1-10H,11-13H2/b10-7+. The Hall–Kier alpha value is -2.95. The summed E-state index contributed by atoms with van der Waals surface area (Å²) in [5, 5.41) is 10.6. The van der Waals surface area contributed by atoms with Crippen LogP contribution in [-0.4, -0.2) is 22.3 Å². The number of rotatable bonds is 3. The molecule has 1 aliphatic heterocycles. The highest BCUT2D eigenvalue weighted by atomic mass is 16.6. The van der Waals surface area contributed by atoms with Crippen molar-refractivity contribution in [3.63, 3.8) is 0 Å². The van der Waals surface area contributed by atoms with Gasteiger partial charge in [-0.1, -0.05) is 24.3 Å². The molecular weight excluding hydrogens is 292 g/mol. The fourth-order valence-corrected chi connectivity index (χ4v) is 2.66. The quantitative estimate of drug-likeness (QED) is 0.497. The molecular formula is C18H16N2O3. The van der Waals surface area contributed by atoms with Crippen molar-refractivity contribution in [2.24, 2.45) is 0 Å². The highest BCUT2D eigenvalue weighted by Gasteiger charge is 2.18. The summed E-state index contributed by atoms with van der Waals surface area (Å²) in [4.78, 5) is 24.3. The molecule has 116 valence electrons. The van der Waals surface area contributed by atoms with E-state index in [1.165, 1.54) is 29.3 Å². The van der Waals surface area contributed by atoms with Gasteiger partial charge in [0.15, 0.2) is 0 Å². The number of nitro benzene ring substituents is 1. The largest absolute Gasteiger partial charge is 0.334 e. The minimum atomic E-state index is -0.441. The van der Waals surface area contributed by atoms with Crippen LogP contribution >= 0.6 is 0 Å². The van der Waals surface area contributed by atoms with Gasteiger partial charge in [-0.2, -0.15) is 0 Å². The molecule has 23 heavy (non-hydrogen) atoms. The van der Waals surface area contributed by atoms with E-state index in [1.807, 2.05) is 17.0 Å². The van der Waals surface area contributed by atoms with Gasteiger partial charge in [0.05, 0.1) is 4.92 Å². The summed E-state index contributed by atoms with van der Waals surface area (Å²) in [6.45, 7) is 1.33. The number of amides is 1. The fraction of sp³-hybridized carbons (Fsp3) is 0.167. The lowest BCUT2D eigenvalue weighted by molar-refractivity contribution is -0.384. The van der Waals surface area contributed by atoms with Crippen LogP contribution in [0, 0.1) is 10.1 Å². The van der Waals surface area contributed by atoms with Gasteiger partial charge in [-0.15, -0.1) is 0 Å². The van der Waals surface area contributed by atoms with E-state index in [2.05, 4.69) is 12.1 Å². The molecule has 0 aliphatic carbocycles. The Labute approximate surface area is 134 Å². The summed E-state index contributed by atoms with van der Waals surface area (Å²) < 4.78 is 0. The van der Waals surface area contributed by atoms with E-state index in [4.69, 9.17) is 0 Å². The van der Waals surface area contributed by atoms with Crippen molar-refractivity contribution in [3.8, 4) is 0 Å². The number of hydrogen-bond acceptors (Lipinski definition) is 3. The van der Waals surface area contributed by atoms with Crippen LogP contribution in [0.25, 0.3) is 6.08 Å². The molecule has 0 saturated heterocycles. The molecule has 5 nitrogen and oxygen atoms in total. The lowest BCUT2D eigenvalue weighted by atomic mass is 10.00. The molecule has 0 saturated carbocycles. The van der Waals surface area contributed by atoms with Crippen molar-refractivity contribution < 1.29 is 9.72 Å². The predicted octanol–water partition coefficient (Wildman–Crippen LogP) is 3.19. The first-order chi connectivity index (χ1) is 11.1. The summed E-state index contributed by atoms with van der Waals surface area (Å²) in [5.74, 6) is -0.0437. The molecule has 0 bridgehead atoms. The summed E-state index contributed by atoms with van der Waals surface area (Å²) in [6.07, 6.45) is 4.08. The summed E-state index contributed by atoms with van der Waals surface area (Å²) in [5.41, 5.74) is 3.30. The van der Waals surface area contributed by atoms with E-state index in [-0.39, 0.29) is 11.6 Å². The number of hydrogen-bond donors (Lipinski definition) is 0. The van der Waals surface area contributed by atoms with Gasteiger partial charge in [0.25, 0.3) is 5.69 Å². The minimum absolute atomic E-state index is 0.0427. The van der Waals surface area contributed by atoms with E-state index in [0.717, 1.165) is 12.0 Å². The lowest BCUT2D eigenvalue weighted by Gasteiger charge is -2.27. The molecule has 0 spiro atoms. The first-order valence-corrected chi connectivity index (χ1v) is 7.42. The fourth-order valence-electron chi connectivity index (χ4n) is 2.66. The van der Waals surface area contributed by atoms with E-state index in [9.17, 15) is 14.9 Å². The second kappa shape index (κ2) is 6.44. The van der Waals surface area contributed by atoms with Crippen molar-refractivity contribution >= 4 is 17.7 Å². The number of nitro groups is 1. The van der Waals surface area contributed by atoms with Crippen LogP contribution < -0.4 is 0 Å². The number of nitrogens with zero attached hydrogens (tertiary/aromatic N) is 2. The summed E-state index contributed by atoms with van der Waals surface area (Å²) in [7, 11) is 0. The third-order valence-corrected chi connectivity index (χ3v) is 3.96. The molecule has 0 atom stereocenters. The molecule has 0 fully saturated rings. The van der Waals surface area contributed by atoms with Crippen molar-refractivity contribution in [1.29, 1.82) is 0 Å². The van der Waals surface area contributed by atoms with E-state index in [1.54, 1.807) is 18.2 Å². The van der Waals surface area contributed by atoms with Crippen LogP contribution in [0.4, 0.5) is 5.69 Å². The molecule has 1 amide bonds. The van der Waals surface area contributed by atoms with Crippen LogP contribution in [-0.2, 0) is 17.8 Å². The number of carbonyl (C=O) groups is 1. The molecule has 1 heterocycles. The normalized spacial score (nSPS) is 13.8. The molecule has 1 aliphatic rings. The Morgan fingerprint density at radius 3 is 2.48 bits per heavy atom. The first-order valence-electron chi connectivity index (χ1n) is 7.42. The average molecular weight is 308 g/mol. The van der Waals surface area contributed by atoms with Gasteiger partial charge in [-0.05, 0) is 41.3 Å². The van der Waals surface area contributed by atoms with Crippen molar-refractivity contribution in [2.75, 3.05) is 6.54 Å². The second-order valence-corrected chi connectivity index (χ2v) is 5.46. The SMILES string of the molecule is O=C(/C=C/c1ccc([N+](=O)[O-])cc1)N1CCc2ccccc2C1. The van der Waals surface area contributed by atoms with Crippen LogP contribution in [0.2, 0.25) is 0 Å². The van der Waals surface area contributed by atoms with E-state index < -0.39 is 4.92 Å². The second-order valence-electron chi connectivity index (χ2n) is 5.46. The number of non-ortho nitro benzene ring substituents is 1. The lowest BCUT2D eigenvalue weighted by Crippen LogP contribution is -2.34. The Morgan fingerprint density at radius 1 is 1.09 bits per heavy atom. The van der Waals surface area contributed by atoms with E-state index >= 15 is 0 Å². The Balaban J connectivity index is 1.66. The molecule has 2 aromatic carbocycles. The summed E-state index contributed by atoms with van der Waals surface area (Å²) >= 11 is 0. The maximum absolute atomic E-state index is 12.3. The van der Waals surface area contributed by atoms with E-state index in [0.29, 0.717) is 13.1 Å². The minimum Gasteiger partial charge on any atom is -0.334 e. The smallest absolute Gasteiger partial charge is 0.269 e. The van der Waals surface area contributed by atoms with Crippen molar-refractivity contribution in [1.82, 2.24) is 4.90 Å². The average Bonchev–Trinajstić information content (AvgIpc) is 2.59. The van der Waals surface area contributed by atoms with Crippen LogP contribution in [0.1, 0.15) is 16.7 Å². The molecule has 0 unspecified atom stereocenters. The molecule has 3 rings (SSSR count). The van der Waals surface area contributed by atoms with Gasteiger partial charge in [0.2, 0.25) is 5.91 Å². The Kier molecular flexibility index (Phi) is 4.19. The molecule has 2 aromatic rings. The molecule has 0 N–H and O–H groups in total. The van der Waals surface area contributed by atoms with Gasteiger partial charge in [0, 0.05) is 31.3 Å². The van der Waals surface area contributed by atoms with Gasteiger partial charge in [-0.25, -0.2) is 0 Å². The van der Waals surface area contributed by atoms with Gasteiger partial charge < -0.3 is 4.90 Å². The van der Waals surface area contributed by atoms with Gasteiger partial charge in [-0.3, -0.25) is 14.9 Å². The zero-order chi connectivity index (χ0) is 16.2. The maximum atomic E-state index is 12.3. The number of carbonyl (C=O) groups excluding carboxylic acids is 1. The van der Waals surface area contributed by atoms with Crippen molar-refractivity contribution in [3.05, 3.63) is 81.4 Å². The van der Waals surface area contributed by atoms with Crippen LogP contribution in [0.3, 0.4) is 0 Å². The molecule has 0 radical (unpaired) electrons. The van der Waals surface area contributed by atoms with Crippen molar-refractivity contribution in [2.45, 2.75) is 13.0 Å². The Morgan fingerprint density at radius 2 is 1.78 bits per heavy atom. The molecule has 0 aromatic heterocycles. The Bertz CT molecular complexity index is 766. The van der Waals surface area contributed by atoms with Crippen LogP contribution in [0.15, 0.2) is 54.6 Å². The first kappa shape index (κ1) is 15.0. The monoisotopic (exact) mass is 308 g/mol. The number of benzene rings is 2. The topological polar surface area (TPSA) is 63.4 Å². The van der Waals surface area contributed by atoms with Gasteiger partial charge >= 0.3 is 0 Å².